The van der Waals surface area contributed by atoms with Crippen molar-refractivity contribution in [2.24, 2.45) is 0 Å². The van der Waals surface area contributed by atoms with Crippen molar-refractivity contribution in [3.63, 3.8) is 0 Å². The Balaban J connectivity index is 1.46. The maximum atomic E-state index is 12.4. The molecule has 0 unspecified atom stereocenters. The molecular formula is C18H14N6O. The van der Waals surface area contributed by atoms with Crippen LogP contribution in [-0.4, -0.2) is 31.1 Å². The molecule has 7 heteroatoms. The van der Waals surface area contributed by atoms with E-state index in [1.807, 2.05) is 53.4 Å². The molecule has 0 saturated carbocycles. The van der Waals surface area contributed by atoms with Crippen LogP contribution in [0.15, 0.2) is 73.1 Å². The summed E-state index contributed by atoms with van der Waals surface area (Å²) < 4.78 is 1.98. The van der Waals surface area contributed by atoms with Crippen LogP contribution >= 0.6 is 0 Å². The molecule has 2 heterocycles. The number of tetrazole rings is 1. The summed E-state index contributed by atoms with van der Waals surface area (Å²) in [4.78, 5) is 12.4. The van der Waals surface area contributed by atoms with Gasteiger partial charge in [0.1, 0.15) is 0 Å². The van der Waals surface area contributed by atoms with Crippen LogP contribution in [0.3, 0.4) is 0 Å². The minimum absolute atomic E-state index is 0.161. The van der Waals surface area contributed by atoms with Crippen molar-refractivity contribution in [3.8, 4) is 17.1 Å². The predicted molar refractivity (Wildman–Crippen MR) is 93.3 cm³/mol. The molecule has 2 N–H and O–H groups in total. The number of hydrogen-bond acceptors (Lipinski definition) is 4. The third-order valence-corrected chi connectivity index (χ3v) is 3.78. The number of benzene rings is 2. The molecule has 1 amide bonds. The SMILES string of the molecule is O=C(Nc1ccc(-c2nn[nH]n2)cc1)c1ccc(-n2cccc2)cc1. The van der Waals surface area contributed by atoms with Crippen LogP contribution in [0.25, 0.3) is 17.1 Å². The lowest BCUT2D eigenvalue weighted by Gasteiger charge is -2.07. The number of H-pyrrole nitrogens is 1. The Morgan fingerprint density at radius 1 is 0.960 bits per heavy atom. The van der Waals surface area contributed by atoms with Crippen molar-refractivity contribution in [2.45, 2.75) is 0 Å². The summed E-state index contributed by atoms with van der Waals surface area (Å²) in [5, 5.41) is 16.6. The van der Waals surface area contributed by atoms with E-state index in [0.717, 1.165) is 11.3 Å². The number of aromatic amines is 1. The van der Waals surface area contributed by atoms with Crippen LogP contribution in [0.2, 0.25) is 0 Å². The highest BCUT2D eigenvalue weighted by Crippen LogP contribution is 2.18. The fourth-order valence-electron chi connectivity index (χ4n) is 2.48. The molecule has 2 aromatic heterocycles. The highest BCUT2D eigenvalue weighted by atomic mass is 16.1. The number of hydrogen-bond donors (Lipinski definition) is 2. The van der Waals surface area contributed by atoms with Gasteiger partial charge in [-0.25, -0.2) is 0 Å². The first-order chi connectivity index (χ1) is 12.3. The molecule has 0 atom stereocenters. The van der Waals surface area contributed by atoms with Crippen LogP contribution in [-0.2, 0) is 0 Å². The van der Waals surface area contributed by atoms with E-state index in [1.165, 1.54) is 0 Å². The second-order valence-electron chi connectivity index (χ2n) is 5.40. The van der Waals surface area contributed by atoms with Crippen molar-refractivity contribution in [3.05, 3.63) is 78.6 Å². The number of nitrogens with zero attached hydrogens (tertiary/aromatic N) is 4. The van der Waals surface area contributed by atoms with Crippen LogP contribution < -0.4 is 5.32 Å². The molecule has 122 valence electrons. The van der Waals surface area contributed by atoms with Crippen LogP contribution in [0, 0.1) is 0 Å². The Hall–Kier alpha value is -3.74. The van der Waals surface area contributed by atoms with Crippen molar-refractivity contribution in [1.82, 2.24) is 25.2 Å². The van der Waals surface area contributed by atoms with E-state index >= 15 is 0 Å². The maximum Gasteiger partial charge on any atom is 0.255 e. The van der Waals surface area contributed by atoms with Gasteiger partial charge >= 0.3 is 0 Å². The molecule has 0 aliphatic carbocycles. The van der Waals surface area contributed by atoms with Crippen LogP contribution in [0.4, 0.5) is 5.69 Å². The van der Waals surface area contributed by atoms with Crippen LogP contribution in [0.5, 0.6) is 0 Å². The molecule has 0 bridgehead atoms. The van der Waals surface area contributed by atoms with E-state index < -0.39 is 0 Å². The van der Waals surface area contributed by atoms with E-state index in [-0.39, 0.29) is 5.91 Å². The van der Waals surface area contributed by atoms with E-state index in [4.69, 9.17) is 0 Å². The summed E-state index contributed by atoms with van der Waals surface area (Å²) in [6.45, 7) is 0. The molecule has 0 fully saturated rings. The summed E-state index contributed by atoms with van der Waals surface area (Å²) in [5.74, 6) is 0.352. The largest absolute Gasteiger partial charge is 0.324 e. The number of carbonyl (C=O) groups excluding carboxylic acids is 1. The van der Waals surface area contributed by atoms with Crippen LogP contribution in [0.1, 0.15) is 10.4 Å². The fraction of sp³-hybridized carbons (Fsp3) is 0. The van der Waals surface area contributed by atoms with Crippen molar-refractivity contribution < 1.29 is 4.79 Å². The molecule has 4 rings (SSSR count). The zero-order chi connectivity index (χ0) is 17.1. The summed E-state index contributed by atoms with van der Waals surface area (Å²) in [6.07, 6.45) is 3.92. The molecule has 2 aromatic carbocycles. The standard InChI is InChI=1S/C18H14N6O/c25-18(14-5-9-16(10-6-14)24-11-1-2-12-24)19-15-7-3-13(4-8-15)17-20-22-23-21-17/h1-12H,(H,19,25)(H,20,21,22,23). The minimum Gasteiger partial charge on any atom is -0.324 e. The third kappa shape index (κ3) is 3.16. The molecule has 0 aliphatic rings. The van der Waals surface area contributed by atoms with Gasteiger partial charge in [0.05, 0.1) is 0 Å². The number of anilines is 1. The highest BCUT2D eigenvalue weighted by molar-refractivity contribution is 6.04. The van der Waals surface area contributed by atoms with Gasteiger partial charge in [0.2, 0.25) is 5.82 Å². The first kappa shape index (κ1) is 14.8. The zero-order valence-electron chi connectivity index (χ0n) is 13.1. The Bertz CT molecular complexity index is 958. The molecule has 7 nitrogen and oxygen atoms in total. The normalized spacial score (nSPS) is 10.6. The van der Waals surface area contributed by atoms with E-state index in [9.17, 15) is 4.79 Å². The van der Waals surface area contributed by atoms with Gasteiger partial charge in [-0.15, -0.1) is 10.2 Å². The topological polar surface area (TPSA) is 88.5 Å². The molecule has 0 saturated heterocycles. The maximum absolute atomic E-state index is 12.4. The average Bonchev–Trinajstić information content (AvgIpc) is 3.36. The highest BCUT2D eigenvalue weighted by Gasteiger charge is 2.08. The van der Waals surface area contributed by atoms with Gasteiger partial charge in [-0.05, 0) is 65.9 Å². The molecule has 4 aromatic rings. The van der Waals surface area contributed by atoms with Crippen molar-refractivity contribution >= 4 is 11.6 Å². The molecule has 0 aliphatic heterocycles. The van der Waals surface area contributed by atoms with Gasteiger partial charge in [0, 0.05) is 34.9 Å². The lowest BCUT2D eigenvalue weighted by atomic mass is 10.1. The van der Waals surface area contributed by atoms with Crippen molar-refractivity contribution in [1.29, 1.82) is 0 Å². The Labute approximate surface area is 143 Å². The number of carbonyl (C=O) groups is 1. The monoisotopic (exact) mass is 330 g/mol. The van der Waals surface area contributed by atoms with Gasteiger partial charge in [0.15, 0.2) is 0 Å². The summed E-state index contributed by atoms with van der Waals surface area (Å²) >= 11 is 0. The second-order valence-corrected chi connectivity index (χ2v) is 5.40. The first-order valence-electron chi connectivity index (χ1n) is 7.68. The number of nitrogens with one attached hydrogen (secondary N) is 2. The van der Waals surface area contributed by atoms with E-state index in [1.54, 1.807) is 24.3 Å². The lowest BCUT2D eigenvalue weighted by Crippen LogP contribution is -2.11. The molecule has 0 spiro atoms. The number of amides is 1. The average molecular weight is 330 g/mol. The van der Waals surface area contributed by atoms with Gasteiger partial charge < -0.3 is 9.88 Å². The summed E-state index contributed by atoms with van der Waals surface area (Å²) in [6, 6.07) is 18.6. The summed E-state index contributed by atoms with van der Waals surface area (Å²) in [7, 11) is 0. The van der Waals surface area contributed by atoms with E-state index in [2.05, 4.69) is 25.9 Å². The smallest absolute Gasteiger partial charge is 0.255 e. The second kappa shape index (κ2) is 6.40. The third-order valence-electron chi connectivity index (χ3n) is 3.78. The number of rotatable bonds is 4. The fourth-order valence-corrected chi connectivity index (χ4v) is 2.48. The lowest BCUT2D eigenvalue weighted by molar-refractivity contribution is 0.102. The van der Waals surface area contributed by atoms with E-state index in [0.29, 0.717) is 17.1 Å². The zero-order valence-corrected chi connectivity index (χ0v) is 13.1. The van der Waals surface area contributed by atoms with Gasteiger partial charge in [-0.3, -0.25) is 4.79 Å². The summed E-state index contributed by atoms with van der Waals surface area (Å²) in [5.41, 5.74) is 3.12. The molecular weight excluding hydrogens is 316 g/mol. The Morgan fingerprint density at radius 3 is 2.32 bits per heavy atom. The van der Waals surface area contributed by atoms with Gasteiger partial charge in [-0.2, -0.15) is 5.21 Å². The number of aromatic nitrogens is 5. The van der Waals surface area contributed by atoms with Crippen molar-refractivity contribution in [2.75, 3.05) is 5.32 Å². The molecule has 25 heavy (non-hydrogen) atoms. The Kier molecular flexibility index (Phi) is 3.80. The minimum atomic E-state index is -0.161. The Morgan fingerprint density at radius 2 is 1.68 bits per heavy atom. The van der Waals surface area contributed by atoms with Gasteiger partial charge in [0.25, 0.3) is 5.91 Å². The molecule has 0 radical (unpaired) electrons. The van der Waals surface area contributed by atoms with Gasteiger partial charge in [-0.1, -0.05) is 0 Å². The first-order valence-corrected chi connectivity index (χ1v) is 7.68. The predicted octanol–water partition coefficient (Wildman–Crippen LogP) is 2.91. The quantitative estimate of drug-likeness (QED) is 0.602.